The quantitative estimate of drug-likeness (QED) is 0.433. The molecule has 2 heterocycles. The van der Waals surface area contributed by atoms with Crippen LogP contribution in [-0.4, -0.2) is 23.3 Å². The third kappa shape index (κ3) is 3.99. The van der Waals surface area contributed by atoms with Crippen LogP contribution < -0.4 is 0 Å². The van der Waals surface area contributed by atoms with Crippen molar-refractivity contribution in [3.05, 3.63) is 12.2 Å². The van der Waals surface area contributed by atoms with Crippen LogP contribution >= 0.6 is 0 Å². The average Bonchev–Trinajstić information content (AvgIpc) is 3.00. The summed E-state index contributed by atoms with van der Waals surface area (Å²) in [5, 5.41) is 0. The van der Waals surface area contributed by atoms with Crippen LogP contribution in [0.4, 0.5) is 0 Å². The van der Waals surface area contributed by atoms with E-state index in [1.807, 2.05) is 0 Å². The van der Waals surface area contributed by atoms with Gasteiger partial charge < -0.3 is 9.47 Å². The summed E-state index contributed by atoms with van der Waals surface area (Å²) in [4.78, 5) is 11.7. The van der Waals surface area contributed by atoms with E-state index in [0.717, 1.165) is 32.1 Å². The molecule has 0 saturated carbocycles. The molecule has 2 rings (SSSR count). The topological polar surface area (TPSA) is 35.5 Å². The van der Waals surface area contributed by atoms with Gasteiger partial charge in [-0.05, 0) is 50.9 Å². The van der Waals surface area contributed by atoms with Crippen LogP contribution in [0.3, 0.4) is 0 Å². The van der Waals surface area contributed by atoms with Crippen molar-refractivity contribution in [1.82, 2.24) is 0 Å². The van der Waals surface area contributed by atoms with Gasteiger partial charge in [0.2, 0.25) is 0 Å². The second-order valence-electron chi connectivity index (χ2n) is 7.31. The molecule has 23 heavy (non-hydrogen) atoms. The largest absolute Gasteiger partial charge is 0.456 e. The van der Waals surface area contributed by atoms with E-state index in [1.165, 1.54) is 19.3 Å². The monoisotopic (exact) mass is 322 g/mol. The third-order valence-corrected chi connectivity index (χ3v) is 5.89. The van der Waals surface area contributed by atoms with Gasteiger partial charge in [-0.15, -0.1) is 0 Å². The highest BCUT2D eigenvalue weighted by Crippen LogP contribution is 2.51. The summed E-state index contributed by atoms with van der Waals surface area (Å²) in [5.74, 6) is 0.597. The normalized spacial score (nSPS) is 34.8. The lowest BCUT2D eigenvalue weighted by molar-refractivity contribution is -0.149. The Bertz CT molecular complexity index is 431. The van der Waals surface area contributed by atoms with Gasteiger partial charge in [-0.25, -0.2) is 0 Å². The van der Waals surface area contributed by atoms with Gasteiger partial charge in [0.05, 0.1) is 12.0 Å². The van der Waals surface area contributed by atoms with Crippen LogP contribution in [0, 0.1) is 5.92 Å². The summed E-state index contributed by atoms with van der Waals surface area (Å²) in [6.45, 7) is 8.78. The first-order valence-corrected chi connectivity index (χ1v) is 9.59. The maximum absolute atomic E-state index is 11.7. The minimum absolute atomic E-state index is 0.0260. The van der Waals surface area contributed by atoms with Gasteiger partial charge >= 0.3 is 5.97 Å². The number of allylic oxidation sites excluding steroid dienone is 2. The summed E-state index contributed by atoms with van der Waals surface area (Å²) in [7, 11) is 0. The Morgan fingerprint density at radius 2 is 2.04 bits per heavy atom. The molecule has 0 amide bonds. The Labute approximate surface area is 141 Å². The molecule has 0 aromatic rings. The molecule has 2 aliphatic heterocycles. The molecule has 0 aromatic carbocycles. The zero-order valence-electron chi connectivity index (χ0n) is 15.4. The maximum Gasteiger partial charge on any atom is 0.309 e. The molecule has 0 aromatic heterocycles. The molecule has 3 heteroatoms. The maximum atomic E-state index is 11.7. The van der Waals surface area contributed by atoms with Crippen molar-refractivity contribution in [2.24, 2.45) is 5.92 Å². The van der Waals surface area contributed by atoms with E-state index in [0.29, 0.717) is 12.3 Å². The van der Waals surface area contributed by atoms with Crippen LogP contribution in [0.2, 0.25) is 0 Å². The molecular weight excluding hydrogens is 288 g/mol. The van der Waals surface area contributed by atoms with Crippen LogP contribution in [-0.2, 0) is 14.3 Å². The van der Waals surface area contributed by atoms with Gasteiger partial charge in [0.1, 0.15) is 11.7 Å². The van der Waals surface area contributed by atoms with Gasteiger partial charge in [0.25, 0.3) is 0 Å². The summed E-state index contributed by atoms with van der Waals surface area (Å²) < 4.78 is 12.1. The lowest BCUT2D eigenvalue weighted by atomic mass is 9.81. The van der Waals surface area contributed by atoms with E-state index in [9.17, 15) is 4.79 Å². The highest BCUT2D eigenvalue weighted by Gasteiger charge is 2.60. The lowest BCUT2D eigenvalue weighted by Gasteiger charge is -2.30. The predicted octanol–water partition coefficient (Wildman–Crippen LogP) is 5.18. The summed E-state index contributed by atoms with van der Waals surface area (Å²) in [6.07, 6.45) is 13.6. The number of hydrogen-bond donors (Lipinski definition) is 0. The van der Waals surface area contributed by atoms with Crippen LogP contribution in [0.1, 0.15) is 85.5 Å². The second-order valence-corrected chi connectivity index (χ2v) is 7.31. The molecule has 3 nitrogen and oxygen atoms in total. The van der Waals surface area contributed by atoms with Crippen molar-refractivity contribution in [2.75, 3.05) is 0 Å². The molecule has 2 fully saturated rings. The van der Waals surface area contributed by atoms with Crippen molar-refractivity contribution < 1.29 is 14.3 Å². The molecule has 0 unspecified atom stereocenters. The van der Waals surface area contributed by atoms with Crippen molar-refractivity contribution in [3.63, 3.8) is 0 Å². The first-order chi connectivity index (χ1) is 11.0. The minimum Gasteiger partial charge on any atom is -0.456 e. The Hall–Kier alpha value is -0.830. The average molecular weight is 322 g/mol. The molecule has 2 saturated heterocycles. The summed E-state index contributed by atoms with van der Waals surface area (Å²) in [6, 6.07) is 0. The Morgan fingerprint density at radius 1 is 1.26 bits per heavy atom. The fraction of sp³-hybridized carbons (Fsp3) is 0.850. The number of fused-ring (bicyclic) bond motifs is 1. The molecule has 132 valence electrons. The van der Waals surface area contributed by atoms with Crippen molar-refractivity contribution in [1.29, 1.82) is 0 Å². The van der Waals surface area contributed by atoms with Gasteiger partial charge in [-0.2, -0.15) is 0 Å². The molecule has 0 radical (unpaired) electrons. The van der Waals surface area contributed by atoms with E-state index in [2.05, 4.69) is 39.8 Å². The van der Waals surface area contributed by atoms with Crippen molar-refractivity contribution >= 4 is 5.97 Å². The first-order valence-electron chi connectivity index (χ1n) is 9.59. The standard InChI is InChI=1S/C20H34O3/c1-5-9-11-16(6-2)12-10-13-19(7-3)15-20(8-4)17(22-19)14-18(21)23-20/h9,11,16-17H,5-8,10,12-15H2,1-4H3/t16-,17-,19-,20-/m0/s1. The molecule has 0 N–H and O–H groups in total. The zero-order valence-corrected chi connectivity index (χ0v) is 15.4. The van der Waals surface area contributed by atoms with E-state index in [-0.39, 0.29) is 23.3 Å². The predicted molar refractivity (Wildman–Crippen MR) is 93.3 cm³/mol. The van der Waals surface area contributed by atoms with Crippen molar-refractivity contribution in [3.8, 4) is 0 Å². The number of rotatable bonds is 9. The minimum atomic E-state index is -0.348. The fourth-order valence-electron chi connectivity index (χ4n) is 4.27. The van der Waals surface area contributed by atoms with Gasteiger partial charge in [0.15, 0.2) is 0 Å². The van der Waals surface area contributed by atoms with Gasteiger partial charge in [-0.1, -0.05) is 39.8 Å². The zero-order chi connectivity index (χ0) is 16.9. The van der Waals surface area contributed by atoms with Gasteiger partial charge in [-0.3, -0.25) is 4.79 Å². The van der Waals surface area contributed by atoms with E-state index in [1.54, 1.807) is 0 Å². The van der Waals surface area contributed by atoms with E-state index >= 15 is 0 Å². The van der Waals surface area contributed by atoms with Crippen LogP contribution in [0.25, 0.3) is 0 Å². The molecule has 2 aliphatic rings. The SMILES string of the molecule is CCC=C[C@H](CC)CCC[C@@]1(CC)C[C@]2(CC)OC(=O)C[C@@H]2O1. The molecule has 0 spiro atoms. The van der Waals surface area contributed by atoms with Gasteiger partial charge in [0, 0.05) is 6.42 Å². The van der Waals surface area contributed by atoms with Crippen LogP contribution in [0.5, 0.6) is 0 Å². The number of carbonyl (C=O) groups excluding carboxylic acids is 1. The Balaban J connectivity index is 1.93. The highest BCUT2D eigenvalue weighted by molar-refractivity contribution is 5.73. The first kappa shape index (κ1) is 18.5. The number of esters is 1. The highest BCUT2D eigenvalue weighted by atomic mass is 16.6. The van der Waals surface area contributed by atoms with Crippen LogP contribution in [0.15, 0.2) is 12.2 Å². The molecule has 4 atom stereocenters. The molecule has 0 aliphatic carbocycles. The van der Waals surface area contributed by atoms with Crippen molar-refractivity contribution in [2.45, 2.75) is 103 Å². The summed E-state index contributed by atoms with van der Waals surface area (Å²) >= 11 is 0. The molecular formula is C20H34O3. The molecule has 0 bridgehead atoms. The second kappa shape index (κ2) is 7.83. The summed E-state index contributed by atoms with van der Waals surface area (Å²) in [5.41, 5.74) is -0.437. The number of ether oxygens (including phenoxy) is 2. The number of hydrogen-bond acceptors (Lipinski definition) is 3. The fourth-order valence-corrected chi connectivity index (χ4v) is 4.27. The lowest BCUT2D eigenvalue weighted by Crippen LogP contribution is -2.35. The van der Waals surface area contributed by atoms with E-state index < -0.39 is 0 Å². The third-order valence-electron chi connectivity index (χ3n) is 5.89. The Kier molecular flexibility index (Phi) is 6.30. The number of carbonyl (C=O) groups is 1. The smallest absolute Gasteiger partial charge is 0.309 e. The van der Waals surface area contributed by atoms with E-state index in [4.69, 9.17) is 9.47 Å². The Morgan fingerprint density at radius 3 is 2.61 bits per heavy atom.